The third kappa shape index (κ3) is 6.79. The minimum absolute atomic E-state index is 0.00904. The molecule has 1 aliphatic carbocycles. The van der Waals surface area contributed by atoms with Crippen LogP contribution in [0, 0.1) is 12.8 Å². The zero-order valence-electron chi connectivity index (χ0n) is 26.2. The van der Waals surface area contributed by atoms with Crippen LogP contribution in [0.1, 0.15) is 37.4 Å². The number of hydrogen-bond donors (Lipinski definition) is 0. The van der Waals surface area contributed by atoms with Gasteiger partial charge in [-0.2, -0.15) is 0 Å². The maximum atomic E-state index is 5.88. The molecule has 2 aliphatic heterocycles. The molecule has 9 nitrogen and oxygen atoms in total. The van der Waals surface area contributed by atoms with Gasteiger partial charge in [-0.3, -0.25) is 9.88 Å². The number of aryl methyl sites for hydroxylation is 2. The van der Waals surface area contributed by atoms with Gasteiger partial charge in [0.1, 0.15) is 10.9 Å². The van der Waals surface area contributed by atoms with Crippen molar-refractivity contribution in [2.75, 3.05) is 44.3 Å². The summed E-state index contributed by atoms with van der Waals surface area (Å²) >= 11 is 7.34. The Morgan fingerprint density at radius 2 is 1.85 bits per heavy atom. The van der Waals surface area contributed by atoms with Gasteiger partial charge < -0.3 is 14.2 Å². The Balaban J connectivity index is 1.43. The highest BCUT2D eigenvalue weighted by molar-refractivity contribution is 14.3. The van der Waals surface area contributed by atoms with Gasteiger partial charge in [-0.15, -0.1) is 5.10 Å². The predicted molar refractivity (Wildman–Crippen MR) is 211 cm³/mol. The molecule has 2 saturated heterocycles. The smallest absolute Gasteiger partial charge is 0.145 e. The summed E-state index contributed by atoms with van der Waals surface area (Å²) < 4.78 is 10.2. The first kappa shape index (κ1) is 32.9. The Bertz CT molecular complexity index is 1780. The van der Waals surface area contributed by atoms with Crippen LogP contribution in [0.3, 0.4) is 0 Å². The summed E-state index contributed by atoms with van der Waals surface area (Å²) in [5.74, 6) is 1.39. The predicted octanol–water partition coefficient (Wildman–Crippen LogP) is 7.57. The van der Waals surface area contributed by atoms with Crippen molar-refractivity contribution in [2.24, 2.45) is 13.0 Å². The van der Waals surface area contributed by atoms with Gasteiger partial charge in [0.15, 0.2) is 0 Å². The highest BCUT2D eigenvalue weighted by atomic mass is 127. The van der Waals surface area contributed by atoms with Gasteiger partial charge in [-0.25, -0.2) is 9.67 Å². The number of halogens is 3. The highest BCUT2D eigenvalue weighted by Crippen LogP contribution is 2.42. The number of pyridine rings is 2. The van der Waals surface area contributed by atoms with Crippen molar-refractivity contribution in [3.63, 3.8) is 0 Å². The molecule has 7 rings (SSSR count). The lowest BCUT2D eigenvalue weighted by atomic mass is 9.86. The largest absolute Gasteiger partial charge is 0.381 e. The fourth-order valence-electron chi connectivity index (χ4n) is 7.18. The maximum absolute atomic E-state index is 5.88. The average Bonchev–Trinajstić information content (AvgIpc) is 3.79. The van der Waals surface area contributed by atoms with E-state index in [4.69, 9.17) is 14.7 Å². The second-order valence-electron chi connectivity index (χ2n) is 12.6. The lowest BCUT2D eigenvalue weighted by Gasteiger charge is -2.36. The number of fused-ring (bicyclic) bond motifs is 3. The van der Waals surface area contributed by atoms with Crippen molar-refractivity contribution >= 4 is 95.7 Å². The molecule has 1 atom stereocenters. The molecule has 0 N–H and O–H groups in total. The molecule has 12 heteroatoms. The van der Waals surface area contributed by atoms with E-state index in [-0.39, 0.29) is 5.48 Å². The zero-order chi connectivity index (χ0) is 32.0. The number of aromatic nitrogens is 6. The molecule has 0 radical (unpaired) electrons. The van der Waals surface area contributed by atoms with E-state index in [2.05, 4.69) is 135 Å². The number of ether oxygens (including phenoxy) is 1. The molecular formula is C34H39I3N8O. The minimum atomic E-state index is -0.00904. The maximum Gasteiger partial charge on any atom is 0.145 e. The molecule has 1 saturated carbocycles. The van der Waals surface area contributed by atoms with Gasteiger partial charge in [0.25, 0.3) is 0 Å². The van der Waals surface area contributed by atoms with Crippen molar-refractivity contribution in [2.45, 2.75) is 44.1 Å². The van der Waals surface area contributed by atoms with Crippen molar-refractivity contribution < 1.29 is 4.74 Å². The number of hydrogen-bond acceptors (Lipinski definition) is 7. The number of anilines is 1. The second-order valence-corrected chi connectivity index (χ2v) is 23.9. The molecule has 242 valence electrons. The van der Waals surface area contributed by atoms with Gasteiger partial charge in [-0.1, -0.05) is 97.8 Å². The fourth-order valence-corrected chi connectivity index (χ4v) is 7.81. The number of rotatable bonds is 9. The van der Waals surface area contributed by atoms with Crippen LogP contribution >= 0.6 is 67.8 Å². The molecule has 4 aromatic heterocycles. The van der Waals surface area contributed by atoms with Crippen LogP contribution < -0.4 is 4.90 Å². The van der Waals surface area contributed by atoms with Crippen molar-refractivity contribution in [1.29, 1.82) is 0 Å². The molecule has 0 aromatic carbocycles. The molecule has 0 bridgehead atoms. The first-order chi connectivity index (χ1) is 22.2. The first-order valence-corrected chi connectivity index (χ1v) is 19.3. The summed E-state index contributed by atoms with van der Waals surface area (Å²) in [6, 6.07) is 7.51. The number of piperazine rings is 1. The Morgan fingerprint density at radius 3 is 2.50 bits per heavy atom. The molecule has 46 heavy (non-hydrogen) atoms. The monoisotopic (exact) mass is 956 g/mol. The Hall–Kier alpha value is -1.63. The Labute approximate surface area is 311 Å². The van der Waals surface area contributed by atoms with Gasteiger partial charge >= 0.3 is 0 Å². The number of nitrogens with zero attached hydrogens (tertiary/aromatic N) is 8. The molecule has 3 aliphatic rings. The summed E-state index contributed by atoms with van der Waals surface area (Å²) in [5.41, 5.74) is 7.03. The van der Waals surface area contributed by atoms with Crippen LogP contribution in [0.2, 0.25) is 0 Å². The van der Waals surface area contributed by atoms with Crippen molar-refractivity contribution in [3.05, 3.63) is 66.5 Å². The number of allylic oxidation sites excluding steroid dienone is 5. The highest BCUT2D eigenvalue weighted by Gasteiger charge is 2.33. The SMILES string of the molecule is C=C/C(=C\C=C/C(I)(I)I)[C@H](C1CCOCC1)n1c2cc(-c3c(C)nnn3C)cnc2c2ccc(N3CCN(C4CC4)CC3)nc21. The van der Waals surface area contributed by atoms with Crippen LogP contribution in [-0.4, -0.2) is 79.3 Å². The molecule has 0 unspecified atom stereocenters. The molecule has 6 heterocycles. The van der Waals surface area contributed by atoms with Gasteiger partial charge in [0.05, 0.1) is 28.5 Å². The molecular weight excluding hydrogens is 917 g/mol. The second kappa shape index (κ2) is 13.7. The minimum Gasteiger partial charge on any atom is -0.381 e. The zero-order valence-corrected chi connectivity index (χ0v) is 32.7. The normalized spacial score (nSPS) is 19.9. The van der Waals surface area contributed by atoms with Gasteiger partial charge in [-0.05, 0) is 68.4 Å². The van der Waals surface area contributed by atoms with E-state index in [9.17, 15) is 0 Å². The van der Waals surface area contributed by atoms with Crippen LogP contribution in [0.5, 0.6) is 0 Å². The summed E-state index contributed by atoms with van der Waals surface area (Å²) in [4.78, 5) is 15.7. The van der Waals surface area contributed by atoms with Crippen LogP contribution in [0.15, 0.2) is 60.9 Å². The van der Waals surface area contributed by atoms with E-state index in [1.807, 2.05) is 30.9 Å². The van der Waals surface area contributed by atoms with Gasteiger partial charge in [0.2, 0.25) is 0 Å². The van der Waals surface area contributed by atoms with E-state index >= 15 is 0 Å². The van der Waals surface area contributed by atoms with E-state index in [0.717, 1.165) is 103 Å². The first-order valence-electron chi connectivity index (χ1n) is 16.0. The van der Waals surface area contributed by atoms with Crippen molar-refractivity contribution in [1.82, 2.24) is 34.4 Å². The Kier molecular flexibility index (Phi) is 9.80. The van der Waals surface area contributed by atoms with E-state index in [0.29, 0.717) is 5.92 Å². The Morgan fingerprint density at radius 1 is 1.09 bits per heavy atom. The quantitative estimate of drug-likeness (QED) is 0.0975. The molecule has 4 aromatic rings. The summed E-state index contributed by atoms with van der Waals surface area (Å²) in [6.45, 7) is 12.1. The van der Waals surface area contributed by atoms with Crippen LogP contribution in [0.25, 0.3) is 33.3 Å². The van der Waals surface area contributed by atoms with Gasteiger partial charge in [0, 0.05) is 69.6 Å². The topological polar surface area (TPSA) is 77.1 Å². The molecule has 0 spiro atoms. The van der Waals surface area contributed by atoms with E-state index in [1.165, 1.54) is 18.4 Å². The van der Waals surface area contributed by atoms with Crippen molar-refractivity contribution in [3.8, 4) is 11.3 Å². The lowest BCUT2D eigenvalue weighted by molar-refractivity contribution is 0.0551. The van der Waals surface area contributed by atoms with Crippen LogP contribution in [0.4, 0.5) is 5.82 Å². The third-order valence-electron chi connectivity index (χ3n) is 9.58. The van der Waals surface area contributed by atoms with E-state index in [1.54, 1.807) is 0 Å². The lowest BCUT2D eigenvalue weighted by Crippen LogP contribution is -2.47. The standard InChI is InChI=1S/C34H39I3N8O/c1-4-23(6-5-13-34(35,36)37)32(24-11-18-46-19-12-24)45-28-20-25(31-22(2)40-41-42(31)3)21-38-30(28)27-9-10-29(39-33(27)45)44-16-14-43(15-17-44)26-7-8-26/h4-6,9-10,13,20-21,24,26,32H,1,7-8,11-12,14-19H2,2-3H3/b13-5-,23-6+/t32-/m1/s1. The summed E-state index contributed by atoms with van der Waals surface area (Å²) in [5, 5.41) is 9.70. The molecule has 0 amide bonds. The summed E-state index contributed by atoms with van der Waals surface area (Å²) in [6.07, 6.45) is 15.3. The van der Waals surface area contributed by atoms with E-state index < -0.39 is 0 Å². The average molecular weight is 956 g/mol. The summed E-state index contributed by atoms with van der Waals surface area (Å²) in [7, 11) is 1.94. The van der Waals surface area contributed by atoms with Crippen LogP contribution in [-0.2, 0) is 11.8 Å². The third-order valence-corrected chi connectivity index (χ3v) is 10.7. The number of alkyl halides is 3. The molecule has 3 fully saturated rings. The fraction of sp³-hybridized carbons (Fsp3) is 0.471.